The molecule has 3 heteroatoms. The molecule has 1 heterocycles. The normalized spacial score (nSPS) is 15.4. The highest BCUT2D eigenvalue weighted by atomic mass is 16.9. The van der Waals surface area contributed by atoms with Gasteiger partial charge in [0.25, 0.3) is 5.95 Å². The maximum atomic E-state index is 10.2. The van der Waals surface area contributed by atoms with E-state index in [9.17, 15) is 4.79 Å². The summed E-state index contributed by atoms with van der Waals surface area (Å²) in [6.45, 7) is 4.00. The number of cyclic esters (lactones) is 2. The third-order valence-corrected chi connectivity index (χ3v) is 1.49. The number of rotatable bonds is 2. The highest BCUT2D eigenvalue weighted by molar-refractivity contribution is 5.68. The summed E-state index contributed by atoms with van der Waals surface area (Å²) in [6.07, 6.45) is 1.16. The predicted molar refractivity (Wildman–Crippen MR) is 35.2 cm³/mol. The van der Waals surface area contributed by atoms with E-state index in [1.54, 1.807) is 0 Å². The van der Waals surface area contributed by atoms with Crippen molar-refractivity contribution >= 4 is 6.16 Å². The molecule has 56 valence electrons. The fourth-order valence-electron chi connectivity index (χ4n) is 0.842. The van der Waals surface area contributed by atoms with Crippen LogP contribution in [0.4, 0.5) is 4.79 Å². The van der Waals surface area contributed by atoms with Crippen molar-refractivity contribution in [2.45, 2.75) is 26.7 Å². The third kappa shape index (κ3) is 1.12. The van der Waals surface area contributed by atoms with Crippen LogP contribution < -0.4 is 0 Å². The summed E-state index contributed by atoms with van der Waals surface area (Å²) in [6, 6.07) is 0. The van der Waals surface area contributed by atoms with Crippen LogP contribution in [0, 0.1) is 0 Å². The Hall–Kier alpha value is -0.990. The first-order chi connectivity index (χ1) is 4.77. The average Bonchev–Trinajstić information content (AvgIpc) is 1.87. The van der Waals surface area contributed by atoms with Crippen LogP contribution in [-0.2, 0) is 9.47 Å². The lowest BCUT2D eigenvalue weighted by molar-refractivity contribution is -0.0296. The summed E-state index contributed by atoms with van der Waals surface area (Å²) >= 11 is 0. The molecule has 3 nitrogen and oxygen atoms in total. The molecule has 0 aromatic rings. The minimum Gasteiger partial charge on any atom is -0.360 e. The molecule has 10 heavy (non-hydrogen) atoms. The molecule has 0 aliphatic carbocycles. The van der Waals surface area contributed by atoms with Crippen molar-refractivity contribution in [1.82, 2.24) is 0 Å². The van der Waals surface area contributed by atoms with Gasteiger partial charge in [-0.25, -0.2) is 4.79 Å². The van der Waals surface area contributed by atoms with Gasteiger partial charge in [-0.1, -0.05) is 13.8 Å². The fourth-order valence-corrected chi connectivity index (χ4v) is 0.842. The highest BCUT2D eigenvalue weighted by Gasteiger charge is 2.26. The van der Waals surface area contributed by atoms with Crippen molar-refractivity contribution < 1.29 is 14.3 Å². The standard InChI is InChI=1S/C7H10O3/c1-3-5(4-2)6-9-7(8)10-6/h3-4H2,1-2H3. The first kappa shape index (κ1) is 7.12. The van der Waals surface area contributed by atoms with Crippen LogP contribution >= 0.6 is 0 Å². The molecule has 0 radical (unpaired) electrons. The minimum absolute atomic E-state index is 0.412. The molecule has 0 N–H and O–H groups in total. The largest absolute Gasteiger partial charge is 0.524 e. The van der Waals surface area contributed by atoms with E-state index in [1.807, 2.05) is 13.8 Å². The van der Waals surface area contributed by atoms with Gasteiger partial charge in [0, 0.05) is 5.57 Å². The quantitative estimate of drug-likeness (QED) is 0.554. The second-order valence-electron chi connectivity index (χ2n) is 2.05. The van der Waals surface area contributed by atoms with Gasteiger partial charge < -0.3 is 9.47 Å². The summed E-state index contributed by atoms with van der Waals surface area (Å²) < 4.78 is 9.20. The predicted octanol–water partition coefficient (Wildman–Crippen LogP) is 2.18. The number of carbonyl (C=O) groups excluding carboxylic acids is 1. The van der Waals surface area contributed by atoms with Gasteiger partial charge in [-0.3, -0.25) is 0 Å². The zero-order valence-corrected chi connectivity index (χ0v) is 6.14. The first-order valence-electron chi connectivity index (χ1n) is 3.39. The highest BCUT2D eigenvalue weighted by Crippen LogP contribution is 2.22. The van der Waals surface area contributed by atoms with Gasteiger partial charge in [0.2, 0.25) is 0 Å². The van der Waals surface area contributed by atoms with Crippen LogP contribution in [0.3, 0.4) is 0 Å². The second-order valence-corrected chi connectivity index (χ2v) is 2.05. The molecule has 0 bridgehead atoms. The number of allylic oxidation sites excluding steroid dienone is 1. The van der Waals surface area contributed by atoms with Gasteiger partial charge in [0.15, 0.2) is 0 Å². The Bertz CT molecular complexity index is 165. The Morgan fingerprint density at radius 2 is 1.80 bits per heavy atom. The van der Waals surface area contributed by atoms with E-state index in [0.29, 0.717) is 5.95 Å². The summed E-state index contributed by atoms with van der Waals surface area (Å²) in [7, 11) is 0. The molecule has 0 unspecified atom stereocenters. The summed E-state index contributed by atoms with van der Waals surface area (Å²) in [5.41, 5.74) is 1.06. The lowest BCUT2D eigenvalue weighted by Gasteiger charge is -2.18. The smallest absolute Gasteiger partial charge is 0.360 e. The molecule has 0 aromatic heterocycles. The van der Waals surface area contributed by atoms with Gasteiger partial charge in [0.1, 0.15) is 0 Å². The Morgan fingerprint density at radius 3 is 2.10 bits per heavy atom. The Kier molecular flexibility index (Phi) is 1.94. The molecule has 1 saturated heterocycles. The van der Waals surface area contributed by atoms with Crippen molar-refractivity contribution in [2.24, 2.45) is 0 Å². The molecule has 0 saturated carbocycles. The molecule has 1 aliphatic rings. The molecule has 0 amide bonds. The third-order valence-electron chi connectivity index (χ3n) is 1.49. The number of carbonyl (C=O) groups is 1. The maximum absolute atomic E-state index is 10.2. The summed E-state index contributed by atoms with van der Waals surface area (Å²) in [4.78, 5) is 10.2. The van der Waals surface area contributed by atoms with Gasteiger partial charge in [-0.05, 0) is 12.8 Å². The molecule has 1 aliphatic heterocycles. The fraction of sp³-hybridized carbons (Fsp3) is 0.571. The zero-order chi connectivity index (χ0) is 7.56. The van der Waals surface area contributed by atoms with Crippen LogP contribution in [0.15, 0.2) is 11.5 Å². The molecule has 1 fully saturated rings. The summed E-state index contributed by atoms with van der Waals surface area (Å²) in [5.74, 6) is 0.412. The van der Waals surface area contributed by atoms with Crippen molar-refractivity contribution in [2.75, 3.05) is 0 Å². The van der Waals surface area contributed by atoms with Crippen LogP contribution in [0.5, 0.6) is 0 Å². The van der Waals surface area contributed by atoms with E-state index in [1.165, 1.54) is 0 Å². The minimum atomic E-state index is -0.589. The van der Waals surface area contributed by atoms with E-state index in [-0.39, 0.29) is 0 Å². The van der Waals surface area contributed by atoms with E-state index in [2.05, 4.69) is 9.47 Å². The van der Waals surface area contributed by atoms with Gasteiger partial charge >= 0.3 is 6.16 Å². The molecule has 0 aromatic carbocycles. The molecule has 0 spiro atoms. The first-order valence-corrected chi connectivity index (χ1v) is 3.39. The van der Waals surface area contributed by atoms with Crippen molar-refractivity contribution in [3.63, 3.8) is 0 Å². The van der Waals surface area contributed by atoms with Crippen LogP contribution in [0.2, 0.25) is 0 Å². The zero-order valence-electron chi connectivity index (χ0n) is 6.14. The molecule has 1 rings (SSSR count). The van der Waals surface area contributed by atoms with E-state index >= 15 is 0 Å². The number of hydrogen-bond acceptors (Lipinski definition) is 3. The van der Waals surface area contributed by atoms with Crippen molar-refractivity contribution in [3.8, 4) is 0 Å². The van der Waals surface area contributed by atoms with Gasteiger partial charge in [-0.2, -0.15) is 0 Å². The average molecular weight is 142 g/mol. The van der Waals surface area contributed by atoms with Crippen LogP contribution in [0.25, 0.3) is 0 Å². The summed E-state index contributed by atoms with van der Waals surface area (Å²) in [5, 5.41) is 0. The monoisotopic (exact) mass is 142 g/mol. The second kappa shape index (κ2) is 2.73. The SMILES string of the molecule is CCC(CC)=C1OC(=O)O1. The Balaban J connectivity index is 2.57. The van der Waals surface area contributed by atoms with E-state index in [4.69, 9.17) is 0 Å². The maximum Gasteiger partial charge on any atom is 0.524 e. The lowest BCUT2D eigenvalue weighted by Crippen LogP contribution is -2.21. The van der Waals surface area contributed by atoms with E-state index < -0.39 is 6.16 Å². The molecular weight excluding hydrogens is 132 g/mol. The number of ether oxygens (including phenoxy) is 2. The van der Waals surface area contributed by atoms with Crippen molar-refractivity contribution in [3.05, 3.63) is 11.5 Å². The van der Waals surface area contributed by atoms with Crippen LogP contribution in [-0.4, -0.2) is 6.16 Å². The molecule has 0 atom stereocenters. The van der Waals surface area contributed by atoms with Gasteiger partial charge in [0.05, 0.1) is 0 Å². The molecular formula is C7H10O3. The van der Waals surface area contributed by atoms with Gasteiger partial charge in [-0.15, -0.1) is 0 Å². The Morgan fingerprint density at radius 1 is 1.30 bits per heavy atom. The Labute approximate surface area is 59.6 Å². The van der Waals surface area contributed by atoms with Crippen molar-refractivity contribution in [1.29, 1.82) is 0 Å². The topological polar surface area (TPSA) is 35.5 Å². The lowest BCUT2D eigenvalue weighted by atomic mass is 10.2. The van der Waals surface area contributed by atoms with Crippen LogP contribution in [0.1, 0.15) is 26.7 Å². The number of hydrogen-bond donors (Lipinski definition) is 0. The van der Waals surface area contributed by atoms with E-state index in [0.717, 1.165) is 18.4 Å².